The van der Waals surface area contributed by atoms with Crippen LogP contribution in [-0.4, -0.2) is 46.2 Å². The number of hydrogen-bond acceptors (Lipinski definition) is 5. The molecule has 7 heteroatoms. The first kappa shape index (κ1) is 17.3. The molecule has 2 rings (SSSR count). The summed E-state index contributed by atoms with van der Waals surface area (Å²) in [5, 5.41) is 17.5. The molecule has 0 amide bonds. The highest BCUT2D eigenvalue weighted by atomic mass is 16.7. The summed E-state index contributed by atoms with van der Waals surface area (Å²) in [6.07, 6.45) is 3.43. The third-order valence-corrected chi connectivity index (χ3v) is 3.96. The van der Waals surface area contributed by atoms with Crippen molar-refractivity contribution in [3.05, 3.63) is 29.6 Å². The van der Waals surface area contributed by atoms with Gasteiger partial charge < -0.3 is 14.9 Å². The summed E-state index contributed by atoms with van der Waals surface area (Å²) in [5.41, 5.74) is -0.286. The number of aromatic nitrogens is 1. The summed E-state index contributed by atoms with van der Waals surface area (Å²) in [6.45, 7) is 10.1. The molecule has 1 saturated heterocycles. The van der Waals surface area contributed by atoms with Gasteiger partial charge >= 0.3 is 0 Å². The van der Waals surface area contributed by atoms with Gasteiger partial charge in [0.05, 0.1) is 17.1 Å². The van der Waals surface area contributed by atoms with Gasteiger partial charge in [-0.1, -0.05) is 6.07 Å². The van der Waals surface area contributed by atoms with Gasteiger partial charge in [0.1, 0.15) is 11.9 Å². The van der Waals surface area contributed by atoms with Crippen LogP contribution in [0.4, 0.5) is 5.82 Å². The average molecular weight is 321 g/mol. The van der Waals surface area contributed by atoms with E-state index in [2.05, 4.69) is 15.2 Å². The zero-order valence-corrected chi connectivity index (χ0v) is 14.5. The predicted molar refractivity (Wildman–Crippen MR) is 88.7 cm³/mol. The van der Waals surface area contributed by atoms with Gasteiger partial charge in [-0.05, 0) is 39.8 Å². The van der Waals surface area contributed by atoms with Crippen molar-refractivity contribution in [2.24, 2.45) is 5.28 Å². The van der Waals surface area contributed by atoms with Crippen molar-refractivity contribution < 1.29 is 9.81 Å². The van der Waals surface area contributed by atoms with Crippen LogP contribution in [0, 0.1) is 5.21 Å². The van der Waals surface area contributed by atoms with Crippen molar-refractivity contribution in [3.63, 3.8) is 0 Å². The number of hydrogen-bond donors (Lipinski definition) is 0. The molecule has 0 aromatic carbocycles. The Bertz CT molecular complexity index is 507. The third kappa shape index (κ3) is 4.71. The summed E-state index contributed by atoms with van der Waals surface area (Å²) >= 11 is 0. The van der Waals surface area contributed by atoms with Gasteiger partial charge in [-0.25, -0.2) is 4.98 Å². The van der Waals surface area contributed by atoms with E-state index in [0.717, 1.165) is 31.7 Å². The topological polar surface area (TPSA) is 67.0 Å². The van der Waals surface area contributed by atoms with Crippen LogP contribution < -0.4 is 4.90 Å². The van der Waals surface area contributed by atoms with Crippen molar-refractivity contribution in [3.8, 4) is 0 Å². The molecular formula is C16H27N5O2. The van der Waals surface area contributed by atoms with Crippen molar-refractivity contribution >= 4 is 5.82 Å². The lowest BCUT2D eigenvalue weighted by Gasteiger charge is -2.31. The highest BCUT2D eigenvalue weighted by Gasteiger charge is 2.28. The largest absolute Gasteiger partial charge is 0.569 e. The highest BCUT2D eigenvalue weighted by molar-refractivity contribution is 5.37. The standard InChI is InChI=1S/C16H27N5O2/c1-5-20(16(2,3)4)21(22)18-23-14-9-12-19(13-10-14)15-8-6-7-11-17-15/h6-8,11,14H,5,9-10,12-13H2,1-4H3/b21-18-. The molecule has 1 aliphatic rings. The number of rotatable bonds is 5. The van der Waals surface area contributed by atoms with Gasteiger partial charge in [-0.2, -0.15) is 0 Å². The maximum Gasteiger partial charge on any atom is 0.233 e. The lowest BCUT2D eigenvalue weighted by Crippen LogP contribution is -2.45. The molecule has 2 heterocycles. The molecule has 0 unspecified atom stereocenters. The summed E-state index contributed by atoms with van der Waals surface area (Å²) < 4.78 is 0. The molecule has 0 aliphatic carbocycles. The van der Waals surface area contributed by atoms with Crippen molar-refractivity contribution in [2.45, 2.75) is 52.2 Å². The molecule has 0 N–H and O–H groups in total. The van der Waals surface area contributed by atoms with Gasteiger partial charge in [-0.3, -0.25) is 0 Å². The van der Waals surface area contributed by atoms with Crippen LogP contribution in [0.2, 0.25) is 0 Å². The van der Waals surface area contributed by atoms with Gasteiger partial charge in [0.2, 0.25) is 5.28 Å². The molecule has 0 radical (unpaired) electrons. The van der Waals surface area contributed by atoms with Gasteiger partial charge in [0.15, 0.2) is 0 Å². The fourth-order valence-electron chi connectivity index (χ4n) is 2.73. The van der Waals surface area contributed by atoms with E-state index < -0.39 is 0 Å². The van der Waals surface area contributed by atoms with E-state index in [4.69, 9.17) is 4.84 Å². The molecule has 1 aliphatic heterocycles. The Labute approximate surface area is 138 Å². The Kier molecular flexibility index (Phi) is 5.63. The van der Waals surface area contributed by atoms with E-state index in [9.17, 15) is 5.21 Å². The van der Waals surface area contributed by atoms with Crippen LogP contribution in [0.5, 0.6) is 0 Å². The fourth-order valence-corrected chi connectivity index (χ4v) is 2.73. The van der Waals surface area contributed by atoms with E-state index in [1.165, 1.54) is 0 Å². The molecule has 128 valence electrons. The van der Waals surface area contributed by atoms with Crippen LogP contribution in [0.15, 0.2) is 29.7 Å². The maximum atomic E-state index is 12.1. The molecule has 7 nitrogen and oxygen atoms in total. The summed E-state index contributed by atoms with van der Waals surface area (Å²) in [5.74, 6) is 0.984. The first-order chi connectivity index (χ1) is 10.9. The second-order valence-electron chi connectivity index (χ2n) is 6.70. The minimum atomic E-state index is -0.286. The molecule has 23 heavy (non-hydrogen) atoms. The molecular weight excluding hydrogens is 294 g/mol. The Balaban J connectivity index is 1.85. The van der Waals surface area contributed by atoms with Crippen molar-refractivity contribution in [2.75, 3.05) is 24.5 Å². The fraction of sp³-hybridized carbons (Fsp3) is 0.688. The van der Waals surface area contributed by atoms with Crippen LogP contribution in [0.1, 0.15) is 40.5 Å². The summed E-state index contributed by atoms with van der Waals surface area (Å²) in [7, 11) is 0. The number of piperidine rings is 1. The molecule has 0 spiro atoms. The molecule has 0 atom stereocenters. The minimum absolute atomic E-state index is 0.0231. The first-order valence-electron chi connectivity index (χ1n) is 8.19. The van der Waals surface area contributed by atoms with Crippen molar-refractivity contribution in [1.82, 2.24) is 9.99 Å². The lowest BCUT2D eigenvalue weighted by atomic mass is 10.1. The molecule has 0 bridgehead atoms. The normalized spacial score (nSPS) is 17.2. The van der Waals surface area contributed by atoms with E-state index >= 15 is 0 Å². The number of nitrogens with zero attached hydrogens (tertiary/aromatic N) is 5. The van der Waals surface area contributed by atoms with E-state index in [1.807, 2.05) is 45.9 Å². The van der Waals surface area contributed by atoms with Crippen LogP contribution in [0.3, 0.4) is 0 Å². The van der Waals surface area contributed by atoms with Gasteiger partial charge in [-0.15, -0.1) is 5.01 Å². The molecule has 1 fully saturated rings. The van der Waals surface area contributed by atoms with Gasteiger partial charge in [0, 0.05) is 32.1 Å². The van der Waals surface area contributed by atoms with E-state index in [-0.39, 0.29) is 11.6 Å². The summed E-state index contributed by atoms with van der Waals surface area (Å²) in [6, 6.07) is 5.91. The predicted octanol–water partition coefficient (Wildman–Crippen LogP) is 2.98. The monoisotopic (exact) mass is 321 g/mol. The highest BCUT2D eigenvalue weighted by Crippen LogP contribution is 2.20. The molecule has 1 aromatic rings. The number of anilines is 1. The zero-order valence-electron chi connectivity index (χ0n) is 14.5. The quantitative estimate of drug-likeness (QED) is 0.474. The Hall–Kier alpha value is -2.05. The summed E-state index contributed by atoms with van der Waals surface area (Å²) in [4.78, 5) is 12.6. The van der Waals surface area contributed by atoms with Crippen LogP contribution >= 0.6 is 0 Å². The van der Waals surface area contributed by atoms with Crippen LogP contribution in [-0.2, 0) is 4.84 Å². The number of hydrazine groups is 1. The smallest absolute Gasteiger partial charge is 0.233 e. The van der Waals surface area contributed by atoms with E-state index in [1.54, 1.807) is 11.2 Å². The lowest BCUT2D eigenvalue weighted by molar-refractivity contribution is -0.725. The Morgan fingerprint density at radius 2 is 2.09 bits per heavy atom. The number of pyridine rings is 1. The maximum absolute atomic E-state index is 12.1. The first-order valence-corrected chi connectivity index (χ1v) is 8.19. The average Bonchev–Trinajstić information content (AvgIpc) is 2.53. The molecule has 1 aromatic heterocycles. The SMILES string of the molecule is CCN(/[N+]([O-])=N/OC1CCN(c2ccccn2)CC1)C(C)(C)C. The van der Waals surface area contributed by atoms with Crippen LogP contribution in [0.25, 0.3) is 0 Å². The van der Waals surface area contributed by atoms with Crippen molar-refractivity contribution in [1.29, 1.82) is 0 Å². The zero-order chi connectivity index (χ0) is 16.9. The second-order valence-corrected chi connectivity index (χ2v) is 6.70. The van der Waals surface area contributed by atoms with E-state index in [0.29, 0.717) is 11.5 Å². The minimum Gasteiger partial charge on any atom is -0.569 e. The Morgan fingerprint density at radius 3 is 2.61 bits per heavy atom. The van der Waals surface area contributed by atoms with Gasteiger partial charge in [0.25, 0.3) is 0 Å². The molecule has 0 saturated carbocycles. The third-order valence-electron chi connectivity index (χ3n) is 3.96. The second kappa shape index (κ2) is 7.48. The Morgan fingerprint density at radius 1 is 1.39 bits per heavy atom.